The summed E-state index contributed by atoms with van der Waals surface area (Å²) in [6.45, 7) is 0. The van der Waals surface area contributed by atoms with Crippen molar-refractivity contribution in [1.82, 2.24) is 60.8 Å². The van der Waals surface area contributed by atoms with Crippen molar-refractivity contribution in [2.45, 2.75) is 33.0 Å². The van der Waals surface area contributed by atoms with Crippen molar-refractivity contribution in [3.05, 3.63) is 22.5 Å². The Balaban J connectivity index is 1.60. The number of aliphatic carboxylic acids is 1. The molecule has 2 aromatic heterocycles. The molecule has 0 spiro atoms. The van der Waals surface area contributed by atoms with Gasteiger partial charge in [0, 0.05) is 51.3 Å². The first-order valence-corrected chi connectivity index (χ1v) is 22.7. The lowest BCUT2D eigenvalue weighted by atomic mass is 9.97. The average Bonchev–Trinajstić information content (AvgIpc) is 3.82. The van der Waals surface area contributed by atoms with E-state index in [0.29, 0.717) is 21.5 Å². The first-order chi connectivity index (χ1) is 27.4. The van der Waals surface area contributed by atoms with Gasteiger partial charge < -0.3 is 25.2 Å². The van der Waals surface area contributed by atoms with E-state index in [0.717, 1.165) is 51.9 Å². The number of ether oxygens (including phenoxy) is 2. The average molecular weight is 899 g/mol. The standard InChI is InChI=1S/C29H34N14O8S6/c1-40-27(34-36-38-40)56-11-15-10-55-26-29(51-4,33-18(45)14-53-8-6-31)25(49)43(26)19(15)22(46)42-20(24(47)48)16(12-57-28-35-37-39-41(28)2)9-54-23(42)21(50-3)32-17(44)13-52-7-5-30/h21,23,26H,7-14H2,1-4H3,(H,32,44)(H,33,45)(H,47,48)/t21?,23-,26-,29+/m1/s1. The third-order valence-corrected chi connectivity index (χ3v) is 14.6. The van der Waals surface area contributed by atoms with Crippen molar-refractivity contribution in [1.29, 1.82) is 10.5 Å². The summed E-state index contributed by atoms with van der Waals surface area (Å²) in [7, 11) is 5.79. The number of carbonyl (C=O) groups is 5. The van der Waals surface area contributed by atoms with Gasteiger partial charge in [-0.05, 0) is 32.0 Å². The summed E-state index contributed by atoms with van der Waals surface area (Å²) in [6, 6.07) is 3.88. The van der Waals surface area contributed by atoms with Gasteiger partial charge in [0.1, 0.15) is 22.1 Å². The number of carboxylic acid groups (broad SMARTS) is 1. The molecular weight excluding hydrogens is 865 g/mol. The molecule has 0 aliphatic carbocycles. The molecule has 3 aliphatic heterocycles. The normalized spacial score (nSPS) is 21.0. The van der Waals surface area contributed by atoms with Crippen LogP contribution in [0.25, 0.3) is 0 Å². The molecule has 1 saturated heterocycles. The topological polar surface area (TPSA) is 289 Å². The molecule has 4 atom stereocenters. The predicted molar refractivity (Wildman–Crippen MR) is 210 cm³/mol. The van der Waals surface area contributed by atoms with E-state index >= 15 is 4.79 Å². The van der Waals surface area contributed by atoms with Crippen LogP contribution in [0.1, 0.15) is 0 Å². The van der Waals surface area contributed by atoms with E-state index in [1.54, 1.807) is 14.1 Å². The molecule has 304 valence electrons. The van der Waals surface area contributed by atoms with Crippen molar-refractivity contribution >= 4 is 100 Å². The minimum atomic E-state index is -1.88. The molecule has 0 aromatic carbocycles. The van der Waals surface area contributed by atoms with Crippen LogP contribution in [0.15, 0.2) is 32.9 Å². The molecule has 3 aliphatic rings. The number of aryl methyl sites for hydroxylation is 2. The van der Waals surface area contributed by atoms with E-state index in [2.05, 4.69) is 41.7 Å². The third kappa shape index (κ3) is 9.65. The molecule has 28 heteroatoms. The number of hydrogen-bond acceptors (Lipinski definition) is 21. The second-order valence-electron chi connectivity index (χ2n) is 11.7. The number of hydrogen-bond donors (Lipinski definition) is 3. The molecular formula is C29H34N14O8S6. The Bertz CT molecular complexity index is 2030. The molecule has 0 radical (unpaired) electrons. The lowest BCUT2D eigenvalue weighted by Crippen LogP contribution is -2.81. The van der Waals surface area contributed by atoms with Crippen LogP contribution < -0.4 is 10.6 Å². The summed E-state index contributed by atoms with van der Waals surface area (Å²) in [5.41, 5.74) is -1.70. The largest absolute Gasteiger partial charge is 0.477 e. The molecule has 22 nitrogen and oxygen atoms in total. The number of fused-ring (bicyclic) bond motifs is 1. The monoisotopic (exact) mass is 898 g/mol. The maximum Gasteiger partial charge on any atom is 0.352 e. The highest BCUT2D eigenvalue weighted by Gasteiger charge is 2.67. The molecule has 1 unspecified atom stereocenters. The highest BCUT2D eigenvalue weighted by molar-refractivity contribution is 8.01. The number of rotatable bonds is 19. The summed E-state index contributed by atoms with van der Waals surface area (Å²) >= 11 is 6.79. The number of aromatic nitrogens is 8. The van der Waals surface area contributed by atoms with Gasteiger partial charge >= 0.3 is 5.97 Å². The van der Waals surface area contributed by atoms with Crippen LogP contribution in [0.2, 0.25) is 0 Å². The van der Waals surface area contributed by atoms with Gasteiger partial charge in [0.2, 0.25) is 22.1 Å². The second kappa shape index (κ2) is 20.1. The molecule has 5 rings (SSSR count). The SMILES string of the molecule is COC(NC(=O)CSCC#N)[C@H]1SCC(CSc2nnnn2C)=C(C(=O)O)N1C(=O)C1=C(CSc2nnnn2C)CS[C@H]2N1C(=O)[C@]2(NC(=O)CSCC#N)OC. The van der Waals surface area contributed by atoms with Gasteiger partial charge in [0.15, 0.2) is 6.23 Å². The van der Waals surface area contributed by atoms with Crippen LogP contribution >= 0.6 is 70.6 Å². The summed E-state index contributed by atoms with van der Waals surface area (Å²) in [5, 5.41) is 55.6. The minimum absolute atomic E-state index is 0.0428. The van der Waals surface area contributed by atoms with Crippen LogP contribution in [0.5, 0.6) is 0 Å². The van der Waals surface area contributed by atoms with Crippen LogP contribution in [0.4, 0.5) is 0 Å². The van der Waals surface area contributed by atoms with Crippen LogP contribution in [0, 0.1) is 22.7 Å². The molecule has 2 aromatic rings. The molecule has 3 N–H and O–H groups in total. The number of tetrazole rings is 2. The zero-order chi connectivity index (χ0) is 41.3. The van der Waals surface area contributed by atoms with E-state index in [-0.39, 0.29) is 51.7 Å². The fourth-order valence-electron chi connectivity index (χ4n) is 5.66. The van der Waals surface area contributed by atoms with Gasteiger partial charge in [-0.1, -0.05) is 23.5 Å². The summed E-state index contributed by atoms with van der Waals surface area (Å²) in [6.07, 6.45) is -1.26. The number of nitrogens with zero attached hydrogens (tertiary/aromatic N) is 12. The van der Waals surface area contributed by atoms with Crippen molar-refractivity contribution in [2.24, 2.45) is 14.1 Å². The second-order valence-corrected chi connectivity index (χ2v) is 17.7. The van der Waals surface area contributed by atoms with Gasteiger partial charge in [-0.2, -0.15) is 10.5 Å². The maximum atomic E-state index is 15.4. The van der Waals surface area contributed by atoms with E-state index in [4.69, 9.17) is 20.0 Å². The summed E-state index contributed by atoms with van der Waals surface area (Å²) in [4.78, 5) is 71.3. The van der Waals surface area contributed by atoms with Gasteiger partial charge in [-0.3, -0.25) is 29.0 Å². The fraction of sp³-hybridized carbons (Fsp3) is 0.552. The molecule has 4 amide bonds. The zero-order valence-electron chi connectivity index (χ0n) is 30.5. The number of nitrogens with one attached hydrogen (secondary N) is 2. The van der Waals surface area contributed by atoms with E-state index in [9.17, 15) is 24.3 Å². The van der Waals surface area contributed by atoms with Crippen LogP contribution in [-0.4, -0.2) is 168 Å². The highest BCUT2D eigenvalue weighted by Crippen LogP contribution is 2.49. The Hall–Kier alpha value is -4.03. The number of amides is 4. The van der Waals surface area contributed by atoms with Crippen molar-refractivity contribution in [3.63, 3.8) is 0 Å². The predicted octanol–water partition coefficient (Wildman–Crippen LogP) is -0.911. The Morgan fingerprint density at radius 1 is 0.930 bits per heavy atom. The highest BCUT2D eigenvalue weighted by atomic mass is 32.2. The minimum Gasteiger partial charge on any atom is -0.477 e. The first-order valence-electron chi connectivity index (χ1n) is 16.3. The van der Waals surface area contributed by atoms with Crippen LogP contribution in [0.3, 0.4) is 0 Å². The van der Waals surface area contributed by atoms with Gasteiger partial charge in [0.05, 0.1) is 35.1 Å². The molecule has 5 heterocycles. The fourth-order valence-corrected chi connectivity index (χ4v) is 11.3. The van der Waals surface area contributed by atoms with Crippen LogP contribution in [-0.2, 0) is 47.5 Å². The van der Waals surface area contributed by atoms with E-state index in [1.165, 1.54) is 52.0 Å². The van der Waals surface area contributed by atoms with Crippen molar-refractivity contribution in [2.75, 3.05) is 60.2 Å². The lowest BCUT2D eigenvalue weighted by molar-refractivity contribution is -0.191. The Morgan fingerprint density at radius 2 is 1.49 bits per heavy atom. The van der Waals surface area contributed by atoms with Crippen molar-refractivity contribution < 1.29 is 38.6 Å². The maximum absolute atomic E-state index is 15.4. The number of thioether (sulfide) groups is 6. The summed E-state index contributed by atoms with van der Waals surface area (Å²) < 4.78 is 14.2. The third-order valence-electron chi connectivity index (χ3n) is 8.17. The van der Waals surface area contributed by atoms with Gasteiger partial charge in [-0.15, -0.1) is 57.2 Å². The van der Waals surface area contributed by atoms with Gasteiger partial charge in [-0.25, -0.2) is 14.2 Å². The van der Waals surface area contributed by atoms with Crippen molar-refractivity contribution in [3.8, 4) is 12.1 Å². The first kappa shape index (κ1) is 44.1. The lowest BCUT2D eigenvalue weighted by Gasteiger charge is -2.56. The number of methoxy groups -OCH3 is 2. The Labute approximate surface area is 350 Å². The summed E-state index contributed by atoms with van der Waals surface area (Å²) in [5.74, 6) is -4.02. The Morgan fingerprint density at radius 3 is 2.00 bits per heavy atom. The number of carboxylic acids is 1. The smallest absolute Gasteiger partial charge is 0.352 e. The molecule has 0 saturated carbocycles. The number of carbonyl (C=O) groups excluding carboxylic acids is 4. The zero-order valence-corrected chi connectivity index (χ0v) is 35.4. The van der Waals surface area contributed by atoms with Gasteiger partial charge in [0.25, 0.3) is 17.5 Å². The molecule has 57 heavy (non-hydrogen) atoms. The van der Waals surface area contributed by atoms with E-state index in [1.807, 2.05) is 12.1 Å². The molecule has 0 bridgehead atoms. The van der Waals surface area contributed by atoms with E-state index < -0.39 is 58.0 Å². The Kier molecular flexibility index (Phi) is 15.5. The molecule has 1 fully saturated rings. The quantitative estimate of drug-likeness (QED) is 0.0666. The number of β-lactam (4-membered cyclic amide) rings is 1. The number of nitriles is 2.